The molecule has 0 bridgehead atoms. The quantitative estimate of drug-likeness (QED) is 0.550. The van der Waals surface area contributed by atoms with E-state index in [1.807, 2.05) is 12.1 Å². The maximum Gasteiger partial charge on any atom is 0.128 e. The van der Waals surface area contributed by atoms with Gasteiger partial charge in [-0.05, 0) is 24.8 Å². The van der Waals surface area contributed by atoms with Crippen LogP contribution in [0.5, 0.6) is 0 Å². The lowest BCUT2D eigenvalue weighted by Gasteiger charge is -1.90. The van der Waals surface area contributed by atoms with Crippen LogP contribution in [0.4, 0.5) is 0 Å². The van der Waals surface area contributed by atoms with E-state index in [9.17, 15) is 0 Å². The molecular weight excluding hydrogens is 232 g/mol. The van der Waals surface area contributed by atoms with E-state index in [2.05, 4.69) is 40.7 Å². The van der Waals surface area contributed by atoms with Crippen molar-refractivity contribution in [3.63, 3.8) is 0 Å². The maximum absolute atomic E-state index is 3.41. The highest BCUT2D eigenvalue weighted by atomic mass is 79.9. The summed E-state index contributed by atoms with van der Waals surface area (Å²) < 4.78 is 1.13. The molecule has 0 atom stereocenters. The van der Waals surface area contributed by atoms with E-state index in [1.165, 1.54) is 5.56 Å². The molecule has 0 radical (unpaired) electrons. The number of rotatable bonds is 1. The normalized spacial score (nSPS) is 8.60. The molecule has 0 saturated heterocycles. The Kier molecular flexibility index (Phi) is 5.22. The minimum Gasteiger partial charge on any atom is -1.00 e. The minimum atomic E-state index is 0. The van der Waals surface area contributed by atoms with Crippen molar-refractivity contribution in [2.24, 2.45) is 0 Å². The van der Waals surface area contributed by atoms with Crippen LogP contribution in [0.2, 0.25) is 0 Å². The average Bonchev–Trinajstić information content (AvgIpc) is 1.90. The summed E-state index contributed by atoms with van der Waals surface area (Å²) in [6.07, 6.45) is 0. The Labute approximate surface area is 81.0 Å². The third-order valence-corrected chi connectivity index (χ3v) is 2.05. The molecule has 0 fully saturated rings. The van der Waals surface area contributed by atoms with Crippen molar-refractivity contribution in [2.75, 3.05) is 0 Å². The van der Waals surface area contributed by atoms with Crippen LogP contribution in [-0.2, 0) is 18.4 Å². The fourth-order valence-electron chi connectivity index (χ4n) is 0.602. The molecule has 0 unspecified atom stereocenters. The molecule has 0 nitrogen and oxygen atoms in total. The molecule has 56 valence electrons. The largest absolute Gasteiger partial charge is 1.00 e. The van der Waals surface area contributed by atoms with Crippen molar-refractivity contribution < 1.29 is 12.4 Å². The van der Waals surface area contributed by atoms with Gasteiger partial charge in [0.25, 0.3) is 0 Å². The number of halogens is 2. The zero-order chi connectivity index (χ0) is 6.69. The first-order valence-corrected chi connectivity index (χ1v) is 4.22. The van der Waals surface area contributed by atoms with Gasteiger partial charge in [-0.15, -0.1) is 0 Å². The zero-order valence-corrected chi connectivity index (χ0v) is 8.61. The topological polar surface area (TPSA) is 0 Å². The van der Waals surface area contributed by atoms with E-state index < -0.39 is 0 Å². The summed E-state index contributed by atoms with van der Waals surface area (Å²) in [5.41, 5.74) is 1.30. The average molecular weight is 240 g/mol. The van der Waals surface area contributed by atoms with Gasteiger partial charge < -0.3 is 12.4 Å². The Bertz CT molecular complexity index is 185. The van der Waals surface area contributed by atoms with E-state index in [1.54, 1.807) is 0 Å². The summed E-state index contributed by atoms with van der Waals surface area (Å²) in [7, 11) is 0. The molecule has 0 heterocycles. The predicted molar refractivity (Wildman–Crippen MR) is 48.0 cm³/mol. The molecule has 0 aliphatic heterocycles. The van der Waals surface area contributed by atoms with Crippen LogP contribution >= 0.6 is 15.9 Å². The van der Waals surface area contributed by atoms with E-state index >= 15 is 0 Å². The van der Waals surface area contributed by atoms with Crippen molar-refractivity contribution in [1.29, 1.82) is 0 Å². The van der Waals surface area contributed by atoms with Crippen LogP contribution in [0, 0.1) is 0 Å². The van der Waals surface area contributed by atoms with E-state index in [4.69, 9.17) is 0 Å². The Morgan fingerprint density at radius 3 is 2.10 bits per heavy atom. The van der Waals surface area contributed by atoms with Gasteiger partial charge in [0.15, 0.2) is 0 Å². The van der Waals surface area contributed by atoms with Gasteiger partial charge in [-0.25, -0.2) is 0 Å². The van der Waals surface area contributed by atoms with Crippen molar-refractivity contribution in [3.8, 4) is 0 Å². The second-order valence-electron chi connectivity index (χ2n) is 1.80. The fraction of sp³-hybridized carbons (Fsp3) is 0.143. The molecule has 1 aromatic carbocycles. The molecule has 0 N–H and O–H groups in total. The van der Waals surface area contributed by atoms with Gasteiger partial charge in [-0.2, -0.15) is 0 Å². The van der Waals surface area contributed by atoms with Crippen LogP contribution < -0.4 is 12.4 Å². The van der Waals surface area contributed by atoms with Gasteiger partial charge in [0.2, 0.25) is 0 Å². The molecule has 0 aliphatic carbocycles. The molecule has 0 aliphatic rings. The molecule has 0 aromatic heterocycles. The SMILES string of the molecule is [Cl-].[SH2+]Cc1ccc(Br)cc1. The first kappa shape index (κ1) is 10.3. The first-order chi connectivity index (χ1) is 4.33. The van der Waals surface area contributed by atoms with E-state index in [-0.39, 0.29) is 12.4 Å². The van der Waals surface area contributed by atoms with Crippen molar-refractivity contribution in [3.05, 3.63) is 34.3 Å². The van der Waals surface area contributed by atoms with E-state index in [0.717, 1.165) is 10.2 Å². The van der Waals surface area contributed by atoms with Crippen molar-refractivity contribution >= 4 is 28.6 Å². The number of benzene rings is 1. The molecular formula is C7H8BrClS. The third-order valence-electron chi connectivity index (χ3n) is 1.12. The van der Waals surface area contributed by atoms with Crippen LogP contribution in [0.15, 0.2) is 28.7 Å². The number of hydrogen-bond acceptors (Lipinski definition) is 0. The third kappa shape index (κ3) is 2.95. The first-order valence-electron chi connectivity index (χ1n) is 2.72. The van der Waals surface area contributed by atoms with Gasteiger partial charge in [-0.1, -0.05) is 28.1 Å². The maximum atomic E-state index is 3.41. The number of hydrogen-bond donors (Lipinski definition) is 0. The smallest absolute Gasteiger partial charge is 0.128 e. The Hall–Kier alpha value is 0.340. The molecule has 1 rings (SSSR count). The van der Waals surface area contributed by atoms with Gasteiger partial charge in [0, 0.05) is 10.0 Å². The highest BCUT2D eigenvalue weighted by Crippen LogP contribution is 2.09. The summed E-state index contributed by atoms with van der Waals surface area (Å²) in [5.74, 6) is 0.924. The van der Waals surface area contributed by atoms with Gasteiger partial charge in [0.05, 0.1) is 0 Å². The fourth-order valence-corrected chi connectivity index (χ4v) is 1.10. The van der Waals surface area contributed by atoms with Crippen LogP contribution in [0.25, 0.3) is 0 Å². The zero-order valence-electron chi connectivity index (χ0n) is 5.27. The molecule has 0 amide bonds. The molecule has 10 heavy (non-hydrogen) atoms. The second-order valence-corrected chi connectivity index (χ2v) is 3.07. The summed E-state index contributed by atoms with van der Waals surface area (Å²) >= 11 is 6.77. The summed E-state index contributed by atoms with van der Waals surface area (Å²) in [6, 6.07) is 8.24. The highest BCUT2D eigenvalue weighted by Gasteiger charge is 1.89. The Morgan fingerprint density at radius 2 is 1.70 bits per heavy atom. The highest BCUT2D eigenvalue weighted by molar-refractivity contribution is 9.10. The minimum absolute atomic E-state index is 0. The van der Waals surface area contributed by atoms with Crippen LogP contribution in [-0.4, -0.2) is 0 Å². The summed E-state index contributed by atoms with van der Waals surface area (Å²) in [4.78, 5) is 0. The predicted octanol–water partition coefficient (Wildman–Crippen LogP) is -1.04. The molecule has 0 saturated carbocycles. The van der Waals surface area contributed by atoms with Crippen molar-refractivity contribution in [2.45, 2.75) is 5.75 Å². The standard InChI is InChI=1S/C7H7BrS.ClH/c8-7-3-1-6(5-9)2-4-7;/h1-4,9H,5H2;1H. The van der Waals surface area contributed by atoms with Crippen LogP contribution in [0.1, 0.15) is 5.56 Å². The van der Waals surface area contributed by atoms with Crippen LogP contribution in [0.3, 0.4) is 0 Å². The summed E-state index contributed by atoms with van der Waals surface area (Å²) in [6.45, 7) is 0. The Morgan fingerprint density at radius 1 is 1.20 bits per heavy atom. The lowest BCUT2D eigenvalue weighted by Crippen LogP contribution is -3.00. The molecule has 0 spiro atoms. The Balaban J connectivity index is 0.000000810. The van der Waals surface area contributed by atoms with Crippen molar-refractivity contribution in [1.82, 2.24) is 0 Å². The molecule has 3 heteroatoms. The summed E-state index contributed by atoms with van der Waals surface area (Å²) in [5, 5.41) is 0. The lowest BCUT2D eigenvalue weighted by molar-refractivity contribution is -0.00000164. The van der Waals surface area contributed by atoms with E-state index in [0.29, 0.717) is 0 Å². The van der Waals surface area contributed by atoms with Gasteiger partial charge in [-0.3, -0.25) is 0 Å². The van der Waals surface area contributed by atoms with Gasteiger partial charge >= 0.3 is 0 Å². The monoisotopic (exact) mass is 238 g/mol. The second kappa shape index (κ2) is 5.05. The molecule has 1 aromatic rings. The van der Waals surface area contributed by atoms with Gasteiger partial charge in [0.1, 0.15) is 5.75 Å². The lowest BCUT2D eigenvalue weighted by atomic mass is 10.2.